The van der Waals surface area contributed by atoms with Crippen molar-refractivity contribution in [1.29, 1.82) is 0 Å². The van der Waals surface area contributed by atoms with Crippen molar-refractivity contribution in [3.63, 3.8) is 0 Å². The maximum absolute atomic E-state index is 12.1. The van der Waals surface area contributed by atoms with E-state index in [0.29, 0.717) is 18.2 Å². The summed E-state index contributed by atoms with van der Waals surface area (Å²) in [5.41, 5.74) is 6.76. The number of aromatic nitrogens is 2. The van der Waals surface area contributed by atoms with Gasteiger partial charge < -0.3 is 15.6 Å². The minimum absolute atomic E-state index is 0.0569. The number of nitrogens with two attached hydrogens (primary N) is 1. The lowest BCUT2D eigenvalue weighted by molar-refractivity contribution is 0.0924. The first-order valence-corrected chi connectivity index (χ1v) is 6.98. The lowest BCUT2D eigenvalue weighted by atomic mass is 10.0. The molecule has 0 fully saturated rings. The van der Waals surface area contributed by atoms with E-state index in [1.54, 1.807) is 30.6 Å². The van der Waals surface area contributed by atoms with Gasteiger partial charge in [-0.3, -0.25) is 9.78 Å². The number of carbonyl (C=O) groups is 1. The highest BCUT2D eigenvalue weighted by Crippen LogP contribution is 2.19. The Kier molecular flexibility index (Phi) is 5.05. The number of nitrogens with zero attached hydrogens (tertiary/aromatic N) is 2. The molecule has 1 amide bonds. The van der Waals surface area contributed by atoms with Crippen LogP contribution in [0.25, 0.3) is 11.3 Å². The largest absolute Gasteiger partial charge is 0.355 e. The third-order valence-corrected chi connectivity index (χ3v) is 3.08. The van der Waals surface area contributed by atoms with Gasteiger partial charge in [-0.1, -0.05) is 19.0 Å². The number of hydrogen-bond donors (Lipinski definition) is 2. The second-order valence-electron chi connectivity index (χ2n) is 5.35. The monoisotopic (exact) mass is 288 g/mol. The van der Waals surface area contributed by atoms with Crippen molar-refractivity contribution in [2.24, 2.45) is 11.7 Å². The Labute approximate surface area is 123 Å². The van der Waals surface area contributed by atoms with Crippen molar-refractivity contribution in [3.8, 4) is 11.3 Å². The molecular formula is C15H20N4O2. The molecule has 1 atom stereocenters. The number of carbonyl (C=O) groups excluding carboxylic acids is 1. The second-order valence-corrected chi connectivity index (χ2v) is 5.35. The predicted molar refractivity (Wildman–Crippen MR) is 79.5 cm³/mol. The van der Waals surface area contributed by atoms with Gasteiger partial charge in [0.05, 0.1) is 0 Å². The van der Waals surface area contributed by atoms with E-state index in [2.05, 4.69) is 29.3 Å². The zero-order valence-corrected chi connectivity index (χ0v) is 12.2. The van der Waals surface area contributed by atoms with Crippen LogP contribution in [-0.4, -0.2) is 28.6 Å². The molecule has 0 spiro atoms. The van der Waals surface area contributed by atoms with E-state index in [1.165, 1.54) is 0 Å². The summed E-state index contributed by atoms with van der Waals surface area (Å²) in [4.78, 5) is 16.1. The molecule has 6 nitrogen and oxygen atoms in total. The summed E-state index contributed by atoms with van der Waals surface area (Å²) in [6, 6.07) is 5.15. The summed E-state index contributed by atoms with van der Waals surface area (Å²) in [6.45, 7) is 4.58. The van der Waals surface area contributed by atoms with Crippen molar-refractivity contribution >= 4 is 5.91 Å². The SMILES string of the molecule is CC(C)CC(CN)NC(=O)c1cc(-c2ccncc2)on1. The molecular weight excluding hydrogens is 268 g/mol. The molecule has 0 saturated heterocycles. The maximum atomic E-state index is 12.1. The number of nitrogens with one attached hydrogen (secondary N) is 1. The van der Waals surface area contributed by atoms with Gasteiger partial charge in [-0.25, -0.2) is 0 Å². The summed E-state index contributed by atoms with van der Waals surface area (Å²) < 4.78 is 5.20. The molecule has 112 valence electrons. The van der Waals surface area contributed by atoms with Gasteiger partial charge in [-0.05, 0) is 24.5 Å². The van der Waals surface area contributed by atoms with E-state index in [0.717, 1.165) is 12.0 Å². The van der Waals surface area contributed by atoms with Crippen LogP contribution in [0.1, 0.15) is 30.8 Å². The van der Waals surface area contributed by atoms with Gasteiger partial charge in [0.15, 0.2) is 11.5 Å². The van der Waals surface area contributed by atoms with Crippen molar-refractivity contribution in [2.45, 2.75) is 26.3 Å². The lowest BCUT2D eigenvalue weighted by Crippen LogP contribution is -2.41. The fourth-order valence-electron chi connectivity index (χ4n) is 2.08. The fraction of sp³-hybridized carbons (Fsp3) is 0.400. The van der Waals surface area contributed by atoms with E-state index < -0.39 is 0 Å². The van der Waals surface area contributed by atoms with Crippen LogP contribution in [0.4, 0.5) is 0 Å². The van der Waals surface area contributed by atoms with Crippen LogP contribution in [0.2, 0.25) is 0 Å². The molecule has 1 unspecified atom stereocenters. The van der Waals surface area contributed by atoms with Crippen LogP contribution in [0, 0.1) is 5.92 Å². The molecule has 0 saturated carbocycles. The molecule has 21 heavy (non-hydrogen) atoms. The summed E-state index contributed by atoms with van der Waals surface area (Å²) in [6.07, 6.45) is 4.15. The number of hydrogen-bond acceptors (Lipinski definition) is 5. The first-order valence-electron chi connectivity index (χ1n) is 6.98. The van der Waals surface area contributed by atoms with E-state index in [4.69, 9.17) is 10.3 Å². The highest BCUT2D eigenvalue weighted by atomic mass is 16.5. The topological polar surface area (TPSA) is 94.0 Å². The summed E-state index contributed by atoms with van der Waals surface area (Å²) in [7, 11) is 0. The van der Waals surface area contributed by atoms with Crippen LogP contribution >= 0.6 is 0 Å². The molecule has 0 aliphatic heterocycles. The minimum Gasteiger partial charge on any atom is -0.355 e. The Morgan fingerprint density at radius 1 is 1.38 bits per heavy atom. The van der Waals surface area contributed by atoms with E-state index in [9.17, 15) is 4.79 Å². The van der Waals surface area contributed by atoms with Crippen molar-refractivity contribution < 1.29 is 9.32 Å². The van der Waals surface area contributed by atoms with Gasteiger partial charge in [0.25, 0.3) is 5.91 Å². The van der Waals surface area contributed by atoms with E-state index >= 15 is 0 Å². The van der Waals surface area contributed by atoms with Crippen LogP contribution < -0.4 is 11.1 Å². The Balaban J connectivity index is 2.05. The van der Waals surface area contributed by atoms with Crippen molar-refractivity contribution in [1.82, 2.24) is 15.5 Å². The molecule has 0 aromatic carbocycles. The molecule has 6 heteroatoms. The molecule has 2 aromatic heterocycles. The zero-order chi connectivity index (χ0) is 15.2. The molecule has 0 bridgehead atoms. The van der Waals surface area contributed by atoms with Crippen LogP contribution in [-0.2, 0) is 0 Å². The standard InChI is InChI=1S/C15H20N4O2/c1-10(2)7-12(9-16)18-15(20)13-8-14(21-19-13)11-3-5-17-6-4-11/h3-6,8,10,12H,7,9,16H2,1-2H3,(H,18,20). The third-order valence-electron chi connectivity index (χ3n) is 3.08. The number of rotatable bonds is 6. The van der Waals surface area contributed by atoms with Gasteiger partial charge in [0.1, 0.15) is 0 Å². The van der Waals surface area contributed by atoms with Crippen molar-refractivity contribution in [2.75, 3.05) is 6.54 Å². The third kappa shape index (κ3) is 4.13. The average molecular weight is 288 g/mol. The predicted octanol–water partition coefficient (Wildman–Crippen LogP) is 1.84. The molecule has 0 radical (unpaired) electrons. The molecule has 2 aromatic rings. The van der Waals surface area contributed by atoms with Gasteiger partial charge in [-0.15, -0.1) is 0 Å². The Hall–Kier alpha value is -2.21. The Bertz CT molecular complexity index is 580. The number of pyridine rings is 1. The first kappa shape index (κ1) is 15.2. The average Bonchev–Trinajstić information content (AvgIpc) is 2.97. The van der Waals surface area contributed by atoms with Gasteiger partial charge >= 0.3 is 0 Å². The van der Waals surface area contributed by atoms with E-state index in [1.807, 2.05) is 0 Å². The highest BCUT2D eigenvalue weighted by Gasteiger charge is 2.17. The first-order chi connectivity index (χ1) is 10.1. The van der Waals surface area contributed by atoms with Gasteiger partial charge in [0, 0.05) is 36.6 Å². The fourth-order valence-corrected chi connectivity index (χ4v) is 2.08. The smallest absolute Gasteiger partial charge is 0.273 e. The van der Waals surface area contributed by atoms with Crippen LogP contribution in [0.5, 0.6) is 0 Å². The number of amides is 1. The Morgan fingerprint density at radius 3 is 2.71 bits per heavy atom. The van der Waals surface area contributed by atoms with Gasteiger partial charge in [0.2, 0.25) is 0 Å². The Morgan fingerprint density at radius 2 is 2.10 bits per heavy atom. The van der Waals surface area contributed by atoms with Gasteiger partial charge in [-0.2, -0.15) is 0 Å². The highest BCUT2D eigenvalue weighted by molar-refractivity contribution is 5.93. The second kappa shape index (κ2) is 6.99. The van der Waals surface area contributed by atoms with Crippen LogP contribution in [0.3, 0.4) is 0 Å². The minimum atomic E-state index is -0.268. The van der Waals surface area contributed by atoms with Crippen molar-refractivity contribution in [3.05, 3.63) is 36.3 Å². The zero-order valence-electron chi connectivity index (χ0n) is 12.2. The molecule has 3 N–H and O–H groups in total. The lowest BCUT2D eigenvalue weighted by Gasteiger charge is -2.17. The molecule has 0 aliphatic rings. The maximum Gasteiger partial charge on any atom is 0.273 e. The summed E-state index contributed by atoms with van der Waals surface area (Å²) >= 11 is 0. The van der Waals surface area contributed by atoms with Crippen LogP contribution in [0.15, 0.2) is 35.1 Å². The molecule has 2 rings (SSSR count). The molecule has 0 aliphatic carbocycles. The summed E-state index contributed by atoms with van der Waals surface area (Å²) in [5, 5.41) is 6.69. The normalized spacial score (nSPS) is 12.4. The van der Waals surface area contributed by atoms with E-state index in [-0.39, 0.29) is 17.6 Å². The molecule has 2 heterocycles. The summed E-state index contributed by atoms with van der Waals surface area (Å²) in [5.74, 6) is 0.731. The quantitative estimate of drug-likeness (QED) is 0.845.